The predicted octanol–water partition coefficient (Wildman–Crippen LogP) is 5.22. The Labute approximate surface area is 224 Å². The third-order valence-corrected chi connectivity index (χ3v) is 9.68. The lowest BCUT2D eigenvalue weighted by Crippen LogP contribution is -2.50. The number of thiazole rings is 2. The van der Waals surface area contributed by atoms with Gasteiger partial charge in [0.25, 0.3) is 11.8 Å². The molecule has 2 aromatic carbocycles. The zero-order valence-electron chi connectivity index (χ0n) is 21.1. The van der Waals surface area contributed by atoms with Crippen LogP contribution in [-0.4, -0.2) is 59.4 Å². The number of benzene rings is 2. The Morgan fingerprint density at radius 3 is 2.81 bits per heavy atom. The SMILES string of the molecule is Cc1cccc(-c2sc(N(C)C)nc2C(=O)N2[C@H]3CC[C@H](C3)[C@@H]2CNC(=O)c2cccc3ncsc23)c1. The summed E-state index contributed by atoms with van der Waals surface area (Å²) in [5.41, 5.74) is 5.90. The molecule has 0 spiro atoms. The Bertz CT molecular complexity index is 1490. The van der Waals surface area contributed by atoms with Crippen LogP contribution in [0, 0.1) is 12.8 Å². The Morgan fingerprint density at radius 2 is 2.00 bits per heavy atom. The zero-order chi connectivity index (χ0) is 25.7. The number of aryl methyl sites for hydroxylation is 1. The summed E-state index contributed by atoms with van der Waals surface area (Å²) in [5, 5.41) is 3.95. The van der Waals surface area contributed by atoms with Crippen LogP contribution in [0.1, 0.15) is 45.7 Å². The van der Waals surface area contributed by atoms with Crippen LogP contribution in [0.4, 0.5) is 5.13 Å². The number of rotatable bonds is 6. The van der Waals surface area contributed by atoms with Gasteiger partial charge in [-0.3, -0.25) is 9.59 Å². The van der Waals surface area contributed by atoms with Gasteiger partial charge in [0.1, 0.15) is 5.69 Å². The number of piperidine rings is 1. The van der Waals surface area contributed by atoms with E-state index in [1.807, 2.05) is 54.2 Å². The quantitative estimate of drug-likeness (QED) is 0.369. The normalized spacial score (nSPS) is 20.5. The molecule has 2 amide bonds. The molecular weight excluding hydrogens is 502 g/mol. The summed E-state index contributed by atoms with van der Waals surface area (Å²) in [5.74, 6) is 0.244. The molecule has 190 valence electrons. The highest BCUT2D eigenvalue weighted by Crippen LogP contribution is 2.44. The number of anilines is 1. The van der Waals surface area contributed by atoms with E-state index in [2.05, 4.69) is 29.4 Å². The van der Waals surface area contributed by atoms with E-state index < -0.39 is 0 Å². The van der Waals surface area contributed by atoms with Crippen LogP contribution >= 0.6 is 22.7 Å². The minimum Gasteiger partial charge on any atom is -0.354 e. The largest absolute Gasteiger partial charge is 0.354 e. The Morgan fingerprint density at radius 1 is 1.16 bits per heavy atom. The number of nitrogens with zero attached hydrogens (tertiary/aromatic N) is 4. The number of carbonyl (C=O) groups is 2. The highest BCUT2D eigenvalue weighted by Gasteiger charge is 2.49. The Hall–Kier alpha value is -3.30. The molecule has 4 aromatic rings. The summed E-state index contributed by atoms with van der Waals surface area (Å²) < 4.78 is 0.891. The van der Waals surface area contributed by atoms with Crippen molar-refractivity contribution in [2.45, 2.75) is 38.3 Å². The molecule has 2 aromatic heterocycles. The van der Waals surface area contributed by atoms with Crippen molar-refractivity contribution in [3.05, 3.63) is 64.8 Å². The number of aromatic nitrogens is 2. The number of amides is 2. The molecule has 1 saturated heterocycles. The van der Waals surface area contributed by atoms with E-state index in [-0.39, 0.29) is 23.9 Å². The topological polar surface area (TPSA) is 78.4 Å². The van der Waals surface area contributed by atoms with Gasteiger partial charge in [-0.1, -0.05) is 47.2 Å². The van der Waals surface area contributed by atoms with Crippen molar-refractivity contribution in [2.75, 3.05) is 25.5 Å². The third kappa shape index (κ3) is 4.30. The van der Waals surface area contributed by atoms with Crippen LogP contribution < -0.4 is 10.2 Å². The molecule has 3 heterocycles. The molecule has 2 fully saturated rings. The van der Waals surface area contributed by atoms with E-state index in [9.17, 15) is 9.59 Å². The van der Waals surface area contributed by atoms with E-state index in [0.717, 1.165) is 50.6 Å². The monoisotopic (exact) mass is 531 g/mol. The van der Waals surface area contributed by atoms with Crippen molar-refractivity contribution in [1.29, 1.82) is 0 Å². The lowest BCUT2D eigenvalue weighted by atomic mass is 9.97. The smallest absolute Gasteiger partial charge is 0.274 e. The average molecular weight is 532 g/mol. The molecule has 2 bridgehead atoms. The molecule has 7 nitrogen and oxygen atoms in total. The lowest BCUT2D eigenvalue weighted by Gasteiger charge is -2.35. The van der Waals surface area contributed by atoms with Gasteiger partial charge in [0, 0.05) is 26.7 Å². The van der Waals surface area contributed by atoms with Crippen molar-refractivity contribution in [3.63, 3.8) is 0 Å². The van der Waals surface area contributed by atoms with Crippen LogP contribution in [0.2, 0.25) is 0 Å². The molecule has 9 heteroatoms. The highest BCUT2D eigenvalue weighted by atomic mass is 32.1. The van der Waals surface area contributed by atoms with Crippen molar-refractivity contribution in [2.24, 2.45) is 5.92 Å². The van der Waals surface area contributed by atoms with Crippen LogP contribution in [0.25, 0.3) is 20.7 Å². The van der Waals surface area contributed by atoms with Gasteiger partial charge in [-0.15, -0.1) is 11.3 Å². The second kappa shape index (κ2) is 9.54. The summed E-state index contributed by atoms with van der Waals surface area (Å²) in [6.07, 6.45) is 3.08. The molecule has 0 radical (unpaired) electrons. The average Bonchev–Trinajstić information content (AvgIpc) is 3.69. The number of nitrogens with one attached hydrogen (secondary N) is 1. The molecule has 2 aliphatic rings. The summed E-state index contributed by atoms with van der Waals surface area (Å²) in [4.78, 5) is 41.3. The number of fused-ring (bicyclic) bond motifs is 3. The molecule has 37 heavy (non-hydrogen) atoms. The van der Waals surface area contributed by atoms with E-state index in [1.165, 1.54) is 11.3 Å². The molecule has 1 saturated carbocycles. The maximum atomic E-state index is 14.1. The third-order valence-electron chi connectivity index (χ3n) is 7.53. The fraction of sp³-hybridized carbons (Fsp3) is 0.357. The van der Waals surface area contributed by atoms with Gasteiger partial charge in [-0.2, -0.15) is 0 Å². The van der Waals surface area contributed by atoms with Crippen molar-refractivity contribution >= 4 is 49.8 Å². The molecule has 1 aliphatic heterocycles. The first kappa shape index (κ1) is 24.1. The first-order chi connectivity index (χ1) is 17.9. The van der Waals surface area contributed by atoms with Crippen LogP contribution in [0.3, 0.4) is 0 Å². The van der Waals surface area contributed by atoms with Gasteiger partial charge in [0.05, 0.1) is 32.2 Å². The fourth-order valence-electron chi connectivity index (χ4n) is 5.78. The minimum absolute atomic E-state index is 0.0307. The second-order valence-electron chi connectivity index (χ2n) is 10.2. The maximum Gasteiger partial charge on any atom is 0.274 e. The van der Waals surface area contributed by atoms with Gasteiger partial charge in [0.2, 0.25) is 0 Å². The fourth-order valence-corrected chi connectivity index (χ4v) is 7.56. The zero-order valence-corrected chi connectivity index (χ0v) is 22.7. The minimum atomic E-state index is -0.117. The number of likely N-dealkylation sites (tertiary alicyclic amines) is 1. The summed E-state index contributed by atoms with van der Waals surface area (Å²) >= 11 is 3.02. The van der Waals surface area contributed by atoms with Crippen LogP contribution in [0.15, 0.2) is 48.0 Å². The van der Waals surface area contributed by atoms with Crippen molar-refractivity contribution in [3.8, 4) is 10.4 Å². The first-order valence-electron chi connectivity index (χ1n) is 12.6. The number of carbonyl (C=O) groups excluding carboxylic acids is 2. The molecule has 6 rings (SSSR count). The molecular formula is C28H29N5O2S2. The molecule has 3 atom stereocenters. The molecule has 0 unspecified atom stereocenters. The number of hydrogen-bond acceptors (Lipinski definition) is 7. The van der Waals surface area contributed by atoms with Crippen LogP contribution in [-0.2, 0) is 0 Å². The summed E-state index contributed by atoms with van der Waals surface area (Å²) in [7, 11) is 3.90. The maximum absolute atomic E-state index is 14.1. The van der Waals surface area contributed by atoms with E-state index in [1.54, 1.807) is 16.8 Å². The van der Waals surface area contributed by atoms with Gasteiger partial charge in [0.15, 0.2) is 5.13 Å². The molecule has 1 N–H and O–H groups in total. The first-order valence-corrected chi connectivity index (χ1v) is 14.3. The predicted molar refractivity (Wildman–Crippen MR) is 150 cm³/mol. The van der Waals surface area contributed by atoms with Gasteiger partial charge >= 0.3 is 0 Å². The standard InChI is InChI=1S/C28H29N5O2S2/c1-16-6-4-7-18(12-16)24-23(31-28(37-24)32(2)3)27(35)33-19-11-10-17(13-19)22(33)14-29-26(34)20-8-5-9-21-25(20)36-15-30-21/h4-9,12,15,17,19,22H,10-11,13-14H2,1-3H3,(H,29,34)/t17-,19+,22+/m1/s1. The van der Waals surface area contributed by atoms with E-state index >= 15 is 0 Å². The van der Waals surface area contributed by atoms with Crippen molar-refractivity contribution < 1.29 is 9.59 Å². The lowest BCUT2D eigenvalue weighted by molar-refractivity contribution is 0.0578. The van der Waals surface area contributed by atoms with E-state index in [4.69, 9.17) is 4.98 Å². The summed E-state index contributed by atoms with van der Waals surface area (Å²) in [6, 6.07) is 14.0. The van der Waals surface area contributed by atoms with Gasteiger partial charge < -0.3 is 15.1 Å². The van der Waals surface area contributed by atoms with Gasteiger partial charge in [-0.05, 0) is 49.8 Å². The van der Waals surface area contributed by atoms with E-state index in [0.29, 0.717) is 23.7 Å². The number of hydrogen-bond donors (Lipinski definition) is 1. The Balaban J connectivity index is 1.28. The Kier molecular flexibility index (Phi) is 6.20. The summed E-state index contributed by atoms with van der Waals surface area (Å²) in [6.45, 7) is 2.50. The molecule has 1 aliphatic carbocycles. The van der Waals surface area contributed by atoms with Gasteiger partial charge in [-0.25, -0.2) is 9.97 Å². The highest BCUT2D eigenvalue weighted by molar-refractivity contribution is 7.19. The van der Waals surface area contributed by atoms with Crippen LogP contribution in [0.5, 0.6) is 0 Å². The van der Waals surface area contributed by atoms with Crippen molar-refractivity contribution in [1.82, 2.24) is 20.2 Å². The second-order valence-corrected chi connectivity index (χ2v) is 12.0.